The highest BCUT2D eigenvalue weighted by atomic mass is 32.2. The minimum absolute atomic E-state index is 0.0524. The molecule has 2 aromatic carbocycles. The van der Waals surface area contributed by atoms with Crippen molar-refractivity contribution in [3.63, 3.8) is 0 Å². The summed E-state index contributed by atoms with van der Waals surface area (Å²) >= 11 is 0. The second kappa shape index (κ2) is 10.0. The molecule has 1 heterocycles. The fourth-order valence-electron chi connectivity index (χ4n) is 3.31. The Morgan fingerprint density at radius 1 is 0.943 bits per heavy atom. The molecule has 1 atom stereocenters. The van der Waals surface area contributed by atoms with Crippen molar-refractivity contribution >= 4 is 43.3 Å². The van der Waals surface area contributed by atoms with Crippen LogP contribution in [0, 0.1) is 20.8 Å². The van der Waals surface area contributed by atoms with Gasteiger partial charge in [0, 0.05) is 17.6 Å². The number of carbonyl (C=O) groups excluding carboxylic acids is 1. The van der Waals surface area contributed by atoms with Crippen molar-refractivity contribution in [3.05, 3.63) is 71.5 Å². The summed E-state index contributed by atoms with van der Waals surface area (Å²) in [5.74, 6) is -0.626. The van der Waals surface area contributed by atoms with Crippen LogP contribution in [0.25, 0.3) is 0 Å². The first kappa shape index (κ1) is 26.1. The number of aryl methyl sites for hydroxylation is 3. The van der Waals surface area contributed by atoms with Gasteiger partial charge in [-0.1, -0.05) is 6.07 Å². The molecule has 12 heteroatoms. The smallest absolute Gasteiger partial charge is 0.264 e. The maximum absolute atomic E-state index is 12.9. The molecule has 0 bridgehead atoms. The van der Waals surface area contributed by atoms with E-state index in [0.717, 1.165) is 21.7 Å². The maximum Gasteiger partial charge on any atom is 0.264 e. The second-order valence-corrected chi connectivity index (χ2v) is 11.7. The molecule has 3 aromatic rings. The third kappa shape index (κ3) is 6.34. The molecular weight excluding hydrogens is 490 g/mol. The van der Waals surface area contributed by atoms with Gasteiger partial charge in [0.05, 0.1) is 16.8 Å². The molecule has 3 rings (SSSR count). The fourth-order valence-corrected chi connectivity index (χ4v) is 5.43. The van der Waals surface area contributed by atoms with Crippen LogP contribution in [0.4, 0.5) is 17.3 Å². The Hall–Kier alpha value is -3.51. The van der Waals surface area contributed by atoms with Crippen molar-refractivity contribution in [1.29, 1.82) is 0 Å². The van der Waals surface area contributed by atoms with Gasteiger partial charge in [-0.2, -0.15) is 0 Å². The standard InChI is InChI=1S/C23H27N5O5S2/c1-15-6-9-20(14-16(15)2)28(34(5,30)31)18(4)22(29)26-19-7-10-21(11-8-19)35(32,33)27-23-24-13-12-17(3)25-23/h6-14,18H,1-5H3,(H,26,29)(H,24,25,27). The average molecular weight is 518 g/mol. The lowest BCUT2D eigenvalue weighted by atomic mass is 10.1. The number of hydrogen-bond donors (Lipinski definition) is 2. The summed E-state index contributed by atoms with van der Waals surface area (Å²) in [5.41, 5.74) is 3.18. The van der Waals surface area contributed by atoms with Gasteiger partial charge in [0.25, 0.3) is 10.0 Å². The van der Waals surface area contributed by atoms with E-state index in [9.17, 15) is 21.6 Å². The number of amides is 1. The zero-order valence-corrected chi connectivity index (χ0v) is 21.6. The number of aromatic nitrogens is 2. The van der Waals surface area contributed by atoms with Crippen molar-refractivity contribution in [2.45, 2.75) is 38.6 Å². The highest BCUT2D eigenvalue weighted by Crippen LogP contribution is 2.24. The summed E-state index contributed by atoms with van der Waals surface area (Å²) < 4.78 is 53.6. The van der Waals surface area contributed by atoms with Gasteiger partial charge in [0.1, 0.15) is 6.04 Å². The summed E-state index contributed by atoms with van der Waals surface area (Å²) in [6.45, 7) is 6.96. The minimum atomic E-state index is -3.94. The molecule has 0 aliphatic rings. The molecule has 0 saturated carbocycles. The Morgan fingerprint density at radius 2 is 1.60 bits per heavy atom. The number of rotatable bonds is 8. The molecule has 10 nitrogen and oxygen atoms in total. The van der Waals surface area contributed by atoms with E-state index in [0.29, 0.717) is 17.1 Å². The van der Waals surface area contributed by atoms with E-state index >= 15 is 0 Å². The van der Waals surface area contributed by atoms with Gasteiger partial charge in [-0.05, 0) is 81.3 Å². The number of sulfonamides is 2. The molecule has 0 aliphatic carbocycles. The largest absolute Gasteiger partial charge is 0.324 e. The van der Waals surface area contributed by atoms with E-state index < -0.39 is 32.0 Å². The van der Waals surface area contributed by atoms with Gasteiger partial charge in [0.2, 0.25) is 21.9 Å². The first-order chi connectivity index (χ1) is 16.3. The fraction of sp³-hybridized carbons (Fsp3) is 0.261. The summed E-state index contributed by atoms with van der Waals surface area (Å²) in [4.78, 5) is 20.8. The number of anilines is 3. The van der Waals surface area contributed by atoms with Crippen LogP contribution in [0.5, 0.6) is 0 Å². The van der Waals surface area contributed by atoms with Crippen LogP contribution in [-0.2, 0) is 24.8 Å². The van der Waals surface area contributed by atoms with Crippen LogP contribution in [0.1, 0.15) is 23.7 Å². The Morgan fingerprint density at radius 3 is 2.17 bits per heavy atom. The van der Waals surface area contributed by atoms with Crippen molar-refractivity contribution in [2.24, 2.45) is 0 Å². The summed E-state index contributed by atoms with van der Waals surface area (Å²) in [6, 6.07) is 11.2. The maximum atomic E-state index is 12.9. The molecule has 0 aliphatic heterocycles. The Balaban J connectivity index is 1.78. The van der Waals surface area contributed by atoms with Crippen molar-refractivity contribution in [2.75, 3.05) is 20.6 Å². The molecule has 0 radical (unpaired) electrons. The van der Waals surface area contributed by atoms with E-state index in [-0.39, 0.29) is 10.8 Å². The molecule has 1 unspecified atom stereocenters. The molecule has 2 N–H and O–H groups in total. The lowest BCUT2D eigenvalue weighted by molar-refractivity contribution is -0.116. The summed E-state index contributed by atoms with van der Waals surface area (Å²) in [7, 11) is -7.71. The molecule has 1 aromatic heterocycles. The van der Waals surface area contributed by atoms with Crippen molar-refractivity contribution in [3.8, 4) is 0 Å². The Kier molecular flexibility index (Phi) is 7.46. The SMILES string of the molecule is Cc1ccnc(NS(=O)(=O)c2ccc(NC(=O)C(C)N(c3ccc(C)c(C)c3)S(C)(=O)=O)cc2)n1. The molecule has 1 amide bonds. The molecule has 0 spiro atoms. The van der Waals surface area contributed by atoms with Crippen LogP contribution in [0.15, 0.2) is 59.6 Å². The number of carbonyl (C=O) groups is 1. The monoisotopic (exact) mass is 517 g/mol. The molecule has 186 valence electrons. The number of benzene rings is 2. The van der Waals surface area contributed by atoms with Crippen LogP contribution >= 0.6 is 0 Å². The van der Waals surface area contributed by atoms with Gasteiger partial charge >= 0.3 is 0 Å². The quantitative estimate of drug-likeness (QED) is 0.468. The number of hydrogen-bond acceptors (Lipinski definition) is 7. The van der Waals surface area contributed by atoms with E-state index in [1.54, 1.807) is 31.2 Å². The Labute approximate surface area is 205 Å². The highest BCUT2D eigenvalue weighted by Gasteiger charge is 2.29. The second-order valence-electron chi connectivity index (χ2n) is 8.14. The van der Waals surface area contributed by atoms with Gasteiger partial charge in [-0.15, -0.1) is 0 Å². The van der Waals surface area contributed by atoms with E-state index in [1.807, 2.05) is 13.8 Å². The number of nitrogens with one attached hydrogen (secondary N) is 2. The van der Waals surface area contributed by atoms with Gasteiger partial charge in [-0.3, -0.25) is 9.10 Å². The van der Waals surface area contributed by atoms with E-state index in [2.05, 4.69) is 20.0 Å². The topological polar surface area (TPSA) is 138 Å². The van der Waals surface area contributed by atoms with Gasteiger partial charge in [-0.25, -0.2) is 31.5 Å². The minimum Gasteiger partial charge on any atom is -0.324 e. The van der Waals surface area contributed by atoms with Gasteiger partial charge in [0.15, 0.2) is 0 Å². The molecule has 0 saturated heterocycles. The lowest BCUT2D eigenvalue weighted by Gasteiger charge is -2.28. The van der Waals surface area contributed by atoms with E-state index in [4.69, 9.17) is 0 Å². The van der Waals surface area contributed by atoms with Crippen LogP contribution in [0.3, 0.4) is 0 Å². The molecular formula is C23H27N5O5S2. The predicted molar refractivity (Wildman–Crippen MR) is 135 cm³/mol. The molecule has 35 heavy (non-hydrogen) atoms. The third-order valence-corrected chi connectivity index (χ3v) is 7.87. The Bertz CT molecular complexity index is 1460. The first-order valence-corrected chi connectivity index (χ1v) is 13.9. The van der Waals surface area contributed by atoms with E-state index in [1.165, 1.54) is 37.4 Å². The lowest BCUT2D eigenvalue weighted by Crippen LogP contribution is -2.45. The highest BCUT2D eigenvalue weighted by molar-refractivity contribution is 7.92. The van der Waals surface area contributed by atoms with Crippen molar-refractivity contribution < 1.29 is 21.6 Å². The normalized spacial score (nSPS) is 12.6. The average Bonchev–Trinajstić information content (AvgIpc) is 2.75. The summed E-state index contributed by atoms with van der Waals surface area (Å²) in [5, 5.41) is 2.64. The van der Waals surface area contributed by atoms with Crippen LogP contribution in [-0.4, -0.2) is 45.0 Å². The zero-order chi connectivity index (χ0) is 26.0. The zero-order valence-electron chi connectivity index (χ0n) is 20.0. The van der Waals surface area contributed by atoms with Gasteiger partial charge < -0.3 is 5.32 Å². The van der Waals surface area contributed by atoms with Crippen molar-refractivity contribution in [1.82, 2.24) is 9.97 Å². The predicted octanol–water partition coefficient (Wildman–Crippen LogP) is 3.00. The van der Waals surface area contributed by atoms with Crippen LogP contribution < -0.4 is 14.3 Å². The number of nitrogens with zero attached hydrogens (tertiary/aromatic N) is 3. The van der Waals surface area contributed by atoms with Crippen LogP contribution in [0.2, 0.25) is 0 Å². The summed E-state index contributed by atoms with van der Waals surface area (Å²) in [6.07, 6.45) is 2.48. The third-order valence-electron chi connectivity index (χ3n) is 5.29. The first-order valence-electron chi connectivity index (χ1n) is 10.6. The molecule has 0 fully saturated rings.